The molecule has 1 heterocycles. The molecule has 3 aliphatic carbocycles. The number of fused-ring (bicyclic) bond motifs is 3. The van der Waals surface area contributed by atoms with Gasteiger partial charge >= 0.3 is 0 Å². The van der Waals surface area contributed by atoms with Gasteiger partial charge in [-0.1, -0.05) is 6.07 Å². The van der Waals surface area contributed by atoms with Gasteiger partial charge in [0.05, 0.1) is 34.3 Å². The van der Waals surface area contributed by atoms with E-state index in [1.54, 1.807) is 30.6 Å². The summed E-state index contributed by atoms with van der Waals surface area (Å²) in [7, 11) is 2.92. The number of carbonyl (C=O) groups excluding carboxylic acids is 3. The Bertz CT molecular complexity index is 1660. The zero-order valence-corrected chi connectivity index (χ0v) is 23.0. The highest BCUT2D eigenvalue weighted by Gasteiger charge is 2.74. The number of likely N-dealkylation sites (N-methyl/N-ethyl adjacent to an activating group) is 1. The summed E-state index contributed by atoms with van der Waals surface area (Å²) in [6.45, 7) is 0. The maximum Gasteiger partial charge on any atom is 0.255 e. The number of Topliss-reactive ketones (excluding diaryl/α,β-unsaturated/α-hetero) is 2. The van der Waals surface area contributed by atoms with Crippen LogP contribution in [0.25, 0.3) is 16.9 Å². The van der Waals surface area contributed by atoms with Crippen molar-refractivity contribution >= 4 is 39.2 Å². The van der Waals surface area contributed by atoms with Gasteiger partial charge in [-0.2, -0.15) is 5.26 Å². The Labute approximate surface area is 236 Å². The monoisotopic (exact) mass is 608 g/mol. The third-order valence-electron chi connectivity index (χ3n) is 8.15. The second-order valence-corrected chi connectivity index (χ2v) is 11.6. The number of amides is 1. The van der Waals surface area contributed by atoms with Crippen LogP contribution in [0.15, 0.2) is 52.0 Å². The SMILES string of the molecule is CN(C)[C@@H]1C(=O)C(C(N)=O)=C(O)[C@@]2(C#N)C(=O)C3=C(O)c4c(O)ccc(-c5cncc(Br)c5)c4C[C@@]3(N)C[C@@]12N. The number of carbonyl (C=O) groups is 3. The number of nitrogens with two attached hydrogens (primary N) is 3. The average molecular weight is 609 g/mol. The number of primary amides is 1. The van der Waals surface area contributed by atoms with Crippen LogP contribution in [0.4, 0.5) is 0 Å². The summed E-state index contributed by atoms with van der Waals surface area (Å²) in [6, 6.07) is 5.00. The maximum atomic E-state index is 14.4. The van der Waals surface area contributed by atoms with Gasteiger partial charge in [-0.3, -0.25) is 24.3 Å². The number of phenolic OH excluding ortho intramolecular Hbond substituents is 1. The van der Waals surface area contributed by atoms with Crippen molar-refractivity contribution in [1.82, 2.24) is 9.88 Å². The largest absolute Gasteiger partial charge is 0.509 e. The van der Waals surface area contributed by atoms with E-state index in [1.165, 1.54) is 25.1 Å². The average Bonchev–Trinajstić information content (AvgIpc) is 2.83. The number of aromatic hydroxyl groups is 1. The number of phenols is 1. The summed E-state index contributed by atoms with van der Waals surface area (Å²) in [5, 5.41) is 44.0. The van der Waals surface area contributed by atoms with E-state index >= 15 is 0 Å². The van der Waals surface area contributed by atoms with Crippen molar-refractivity contribution in [3.63, 3.8) is 0 Å². The second kappa shape index (κ2) is 8.70. The van der Waals surface area contributed by atoms with Crippen LogP contribution in [0.1, 0.15) is 17.5 Å². The lowest BCUT2D eigenvalue weighted by Gasteiger charge is -2.58. The fourth-order valence-corrected chi connectivity index (χ4v) is 7.03. The molecule has 1 aromatic heterocycles. The van der Waals surface area contributed by atoms with Crippen LogP contribution in [0, 0.1) is 16.7 Å². The Kier molecular flexibility index (Phi) is 5.98. The fraction of sp³-hybridized carbons (Fsp3) is 0.296. The first-order valence-electron chi connectivity index (χ1n) is 12.0. The summed E-state index contributed by atoms with van der Waals surface area (Å²) >= 11 is 3.38. The molecule has 5 rings (SSSR count). The third kappa shape index (κ3) is 3.27. The molecule has 12 nitrogen and oxygen atoms in total. The predicted octanol–water partition coefficient (Wildman–Crippen LogP) is 0.730. The van der Waals surface area contributed by atoms with E-state index in [0.29, 0.717) is 21.2 Å². The van der Waals surface area contributed by atoms with E-state index in [2.05, 4.69) is 20.9 Å². The van der Waals surface area contributed by atoms with Crippen molar-refractivity contribution in [2.75, 3.05) is 14.1 Å². The number of pyridine rings is 1. The minimum absolute atomic E-state index is 0.0887. The predicted molar refractivity (Wildman–Crippen MR) is 145 cm³/mol. The van der Waals surface area contributed by atoms with Gasteiger partial charge in [-0.05, 0) is 66.1 Å². The fourth-order valence-electron chi connectivity index (χ4n) is 6.66. The van der Waals surface area contributed by atoms with Crippen molar-refractivity contribution in [1.29, 1.82) is 5.26 Å². The van der Waals surface area contributed by atoms with Gasteiger partial charge in [-0.25, -0.2) is 0 Å². The molecule has 13 heteroatoms. The molecule has 0 saturated heterocycles. The van der Waals surface area contributed by atoms with E-state index in [-0.39, 0.29) is 17.7 Å². The number of benzene rings is 1. The number of aromatic nitrogens is 1. The summed E-state index contributed by atoms with van der Waals surface area (Å²) in [5.41, 5.74) is 12.6. The molecule has 0 spiro atoms. The molecule has 0 bridgehead atoms. The molecule has 0 aliphatic heterocycles. The zero-order valence-electron chi connectivity index (χ0n) is 21.4. The highest BCUT2D eigenvalue weighted by Crippen LogP contribution is 2.58. The number of nitriles is 1. The summed E-state index contributed by atoms with van der Waals surface area (Å²) in [6.07, 6.45) is 2.56. The Hall–Kier alpha value is -4.09. The van der Waals surface area contributed by atoms with Gasteiger partial charge in [0.2, 0.25) is 0 Å². The molecule has 206 valence electrons. The van der Waals surface area contributed by atoms with Gasteiger partial charge in [0.15, 0.2) is 17.0 Å². The van der Waals surface area contributed by atoms with Gasteiger partial charge in [0, 0.05) is 22.4 Å². The van der Waals surface area contributed by atoms with Crippen LogP contribution >= 0.6 is 15.9 Å². The van der Waals surface area contributed by atoms with Gasteiger partial charge in [-0.15, -0.1) is 0 Å². The number of hydrogen-bond donors (Lipinski definition) is 6. The zero-order chi connectivity index (χ0) is 29.5. The molecule has 3 aliphatic rings. The number of ketones is 2. The molecule has 2 aromatic rings. The normalized spacial score (nSPS) is 29.6. The van der Waals surface area contributed by atoms with Gasteiger partial charge < -0.3 is 32.5 Å². The molecular formula is C27H25BrN6O6. The first kappa shape index (κ1) is 27.5. The Balaban J connectivity index is 1.87. The van der Waals surface area contributed by atoms with Crippen molar-refractivity contribution in [3.8, 4) is 22.9 Å². The maximum absolute atomic E-state index is 14.4. The number of nitrogens with zero attached hydrogens (tertiary/aromatic N) is 3. The van der Waals surface area contributed by atoms with Crippen LogP contribution in [-0.4, -0.2) is 73.9 Å². The van der Waals surface area contributed by atoms with Crippen molar-refractivity contribution in [3.05, 3.63) is 63.1 Å². The topological polar surface area (TPSA) is 230 Å². The highest BCUT2D eigenvalue weighted by molar-refractivity contribution is 9.10. The number of aliphatic hydroxyl groups is 2. The second-order valence-electron chi connectivity index (χ2n) is 10.7. The number of aliphatic hydroxyl groups excluding tert-OH is 2. The molecule has 9 N–H and O–H groups in total. The number of hydrogen-bond acceptors (Lipinski definition) is 11. The van der Waals surface area contributed by atoms with E-state index in [0.717, 1.165) is 0 Å². The minimum atomic E-state index is -2.70. The molecule has 1 saturated carbocycles. The van der Waals surface area contributed by atoms with Gasteiger partial charge in [0.25, 0.3) is 5.91 Å². The number of rotatable bonds is 3. The Morgan fingerprint density at radius 2 is 1.88 bits per heavy atom. The van der Waals surface area contributed by atoms with E-state index in [4.69, 9.17) is 17.2 Å². The van der Waals surface area contributed by atoms with E-state index in [9.17, 15) is 35.0 Å². The quantitative estimate of drug-likeness (QED) is 0.266. The lowest BCUT2D eigenvalue weighted by molar-refractivity contribution is -0.139. The van der Waals surface area contributed by atoms with Crippen molar-refractivity contribution < 1.29 is 29.7 Å². The molecule has 0 radical (unpaired) electrons. The van der Waals surface area contributed by atoms with Crippen molar-refractivity contribution in [2.45, 2.75) is 30.0 Å². The van der Waals surface area contributed by atoms with Crippen LogP contribution in [0.3, 0.4) is 0 Å². The van der Waals surface area contributed by atoms with E-state index in [1.807, 2.05) is 0 Å². The van der Waals surface area contributed by atoms with Gasteiger partial charge in [0.1, 0.15) is 22.8 Å². The summed E-state index contributed by atoms with van der Waals surface area (Å²) < 4.78 is 0.667. The van der Waals surface area contributed by atoms with Crippen LogP contribution < -0.4 is 17.2 Å². The first-order chi connectivity index (χ1) is 18.7. The Morgan fingerprint density at radius 3 is 2.45 bits per heavy atom. The van der Waals surface area contributed by atoms with Crippen molar-refractivity contribution in [2.24, 2.45) is 22.6 Å². The molecule has 1 fully saturated rings. The lowest BCUT2D eigenvalue weighted by Crippen LogP contribution is -2.80. The minimum Gasteiger partial charge on any atom is -0.509 e. The van der Waals surface area contributed by atoms with Crippen LogP contribution in [0.2, 0.25) is 0 Å². The highest BCUT2D eigenvalue weighted by atomic mass is 79.9. The van der Waals surface area contributed by atoms with E-state index < -0.39 is 69.1 Å². The molecule has 1 amide bonds. The molecule has 1 aromatic carbocycles. The number of halogens is 1. The molecule has 40 heavy (non-hydrogen) atoms. The summed E-state index contributed by atoms with van der Waals surface area (Å²) in [4.78, 5) is 45.6. The molecule has 4 atom stereocenters. The van der Waals surface area contributed by atoms with Crippen LogP contribution in [0.5, 0.6) is 5.75 Å². The molecule has 0 unspecified atom stereocenters. The first-order valence-corrected chi connectivity index (χ1v) is 12.8. The summed E-state index contributed by atoms with van der Waals surface area (Å²) in [5.74, 6) is -5.77. The molecular weight excluding hydrogens is 584 g/mol. The standard InChI is InChI=1S/C27H25BrN6O6/c1-34(2)21-20(37)17(24(30)40)22(38)26(10-29)23(39)18-19(36)16-14(6-25(18,31)9-27(21,26)32)13(3-4-15(16)35)11-5-12(28)8-33-7-11/h3-5,7-8,21,35-36,38H,6,9,31-32H2,1-2H3,(H2,30,40)/t21-,25-,26+,27-/m1/s1. The van der Waals surface area contributed by atoms with Crippen LogP contribution in [-0.2, 0) is 20.8 Å². The lowest BCUT2D eigenvalue weighted by atomic mass is 9.47. The Morgan fingerprint density at radius 1 is 1.20 bits per heavy atom. The third-order valence-corrected chi connectivity index (χ3v) is 8.58. The smallest absolute Gasteiger partial charge is 0.255 e.